The molecule has 0 heterocycles. The van der Waals surface area contributed by atoms with Crippen molar-refractivity contribution in [3.63, 3.8) is 0 Å². The quantitative estimate of drug-likeness (QED) is 0.334. The van der Waals surface area contributed by atoms with Crippen molar-refractivity contribution in [2.75, 3.05) is 14.2 Å². The van der Waals surface area contributed by atoms with Gasteiger partial charge in [0.1, 0.15) is 0 Å². The monoisotopic (exact) mass is 463 g/mol. The van der Waals surface area contributed by atoms with Crippen LogP contribution in [0.1, 0.15) is 11.1 Å². The second-order valence-corrected chi connectivity index (χ2v) is 7.59. The molecular formula is C19H17N3O9S. The van der Waals surface area contributed by atoms with Crippen LogP contribution in [0.15, 0.2) is 47.9 Å². The second kappa shape index (κ2) is 10.2. The maximum absolute atomic E-state index is 12.1. The zero-order valence-electron chi connectivity index (χ0n) is 16.8. The molecule has 0 atom stereocenters. The summed E-state index contributed by atoms with van der Waals surface area (Å²) < 4.78 is 35.7. The molecule has 0 unspecified atom stereocenters. The Labute approximate surface area is 182 Å². The van der Waals surface area contributed by atoms with E-state index in [-0.39, 0.29) is 34.0 Å². The van der Waals surface area contributed by atoms with Gasteiger partial charge in [0.05, 0.1) is 29.5 Å². The number of sulfonamides is 1. The Morgan fingerprint density at radius 3 is 1.81 bits per heavy atom. The summed E-state index contributed by atoms with van der Waals surface area (Å²) in [5.74, 6) is -0.968. The van der Waals surface area contributed by atoms with E-state index in [9.17, 15) is 33.4 Å². The average molecular weight is 463 g/mol. The highest BCUT2D eigenvalue weighted by Gasteiger charge is 2.16. The molecule has 0 saturated carbocycles. The first-order valence-electron chi connectivity index (χ1n) is 8.64. The summed E-state index contributed by atoms with van der Waals surface area (Å²) in [4.78, 5) is 32.7. The minimum absolute atomic E-state index is 0.00668. The summed E-state index contributed by atoms with van der Waals surface area (Å²) in [5, 5.41) is 22.7. The average Bonchev–Trinajstić information content (AvgIpc) is 2.75. The van der Waals surface area contributed by atoms with Gasteiger partial charge in [0.15, 0.2) is 11.5 Å². The molecule has 168 valence electrons. The van der Waals surface area contributed by atoms with Crippen molar-refractivity contribution in [1.29, 1.82) is 0 Å². The Morgan fingerprint density at radius 1 is 0.906 bits per heavy atom. The third-order valence-electron chi connectivity index (χ3n) is 3.91. The predicted octanol–water partition coefficient (Wildman–Crippen LogP) is 2.65. The molecule has 13 heteroatoms. The van der Waals surface area contributed by atoms with Crippen molar-refractivity contribution in [3.8, 4) is 11.5 Å². The molecule has 0 fully saturated rings. The van der Waals surface area contributed by atoms with Crippen LogP contribution >= 0.6 is 0 Å². The largest absolute Gasteiger partial charge is 0.490 e. The van der Waals surface area contributed by atoms with Crippen LogP contribution in [0.2, 0.25) is 0 Å². The number of carbonyl (C=O) groups excluding carboxylic acids is 1. The molecule has 0 aliphatic heterocycles. The highest BCUT2D eigenvalue weighted by Crippen LogP contribution is 2.29. The van der Waals surface area contributed by atoms with Crippen LogP contribution < -0.4 is 14.2 Å². The zero-order chi connectivity index (χ0) is 23.9. The van der Waals surface area contributed by atoms with Gasteiger partial charge in [-0.1, -0.05) is 12.1 Å². The van der Waals surface area contributed by atoms with E-state index in [1.165, 1.54) is 44.6 Å². The lowest BCUT2D eigenvalue weighted by atomic mass is 10.1. The molecule has 0 saturated heterocycles. The predicted molar refractivity (Wildman–Crippen MR) is 114 cm³/mol. The summed E-state index contributed by atoms with van der Waals surface area (Å²) in [7, 11) is -1.69. The minimum Gasteiger partial charge on any atom is -0.490 e. The van der Waals surface area contributed by atoms with E-state index >= 15 is 0 Å². The molecule has 2 aromatic rings. The van der Waals surface area contributed by atoms with Gasteiger partial charge in [0.2, 0.25) is 0 Å². The topological polar surface area (TPSA) is 168 Å². The van der Waals surface area contributed by atoms with Crippen LogP contribution in [0.5, 0.6) is 11.5 Å². The minimum atomic E-state index is -4.23. The van der Waals surface area contributed by atoms with E-state index in [4.69, 9.17) is 9.47 Å². The number of benzene rings is 2. The van der Waals surface area contributed by atoms with Gasteiger partial charge in [0, 0.05) is 18.2 Å². The van der Waals surface area contributed by atoms with E-state index in [1.807, 2.05) is 0 Å². The van der Waals surface area contributed by atoms with E-state index in [0.29, 0.717) is 5.41 Å². The van der Waals surface area contributed by atoms with Crippen molar-refractivity contribution < 1.29 is 32.5 Å². The van der Waals surface area contributed by atoms with E-state index in [0.717, 1.165) is 24.3 Å². The van der Waals surface area contributed by atoms with Crippen LogP contribution in [0.4, 0.5) is 11.4 Å². The lowest BCUT2D eigenvalue weighted by Crippen LogP contribution is -2.26. The number of hydrogen-bond donors (Lipinski definition) is 1. The van der Waals surface area contributed by atoms with Crippen LogP contribution in [0, 0.1) is 20.2 Å². The maximum Gasteiger partial charge on any atom is 0.311 e. The molecule has 0 radical (unpaired) electrons. The molecule has 1 N–H and O–H groups in total. The lowest BCUT2D eigenvalue weighted by molar-refractivity contribution is -0.385. The van der Waals surface area contributed by atoms with Crippen LogP contribution in [0.25, 0.3) is 12.2 Å². The number of nitrogens with zero attached hydrogens (tertiary/aromatic N) is 2. The van der Waals surface area contributed by atoms with Gasteiger partial charge in [-0.2, -0.15) is 0 Å². The molecule has 32 heavy (non-hydrogen) atoms. The van der Waals surface area contributed by atoms with Crippen LogP contribution in [-0.2, 0) is 14.8 Å². The molecule has 0 spiro atoms. The Hall–Kier alpha value is -4.26. The van der Waals surface area contributed by atoms with E-state index < -0.39 is 25.8 Å². The normalized spacial score (nSPS) is 11.4. The Bertz CT molecular complexity index is 1220. The number of rotatable bonds is 9. The number of nitrogens with one attached hydrogen (secondary N) is 1. The number of nitro groups is 2. The first-order chi connectivity index (χ1) is 15.1. The van der Waals surface area contributed by atoms with Gasteiger partial charge < -0.3 is 9.47 Å². The fourth-order valence-electron chi connectivity index (χ4n) is 2.46. The Kier molecular flexibility index (Phi) is 7.63. The van der Waals surface area contributed by atoms with Crippen LogP contribution in [0.3, 0.4) is 0 Å². The second-order valence-electron chi connectivity index (χ2n) is 6.02. The standard InChI is InChI=1S/C19H17N3O9S/c1-30-17-6-3-13(11-15(17)21(24)25)5-8-19(23)20-32(28,29)10-9-14-4-7-18(31-2)16(12-14)22(26)27/h3-12H,1-2H3,(H,20,23)/b8-5+,10-9+. The molecular weight excluding hydrogens is 446 g/mol. The number of amides is 1. The number of methoxy groups -OCH3 is 2. The van der Waals surface area contributed by atoms with Crippen molar-refractivity contribution in [3.05, 3.63) is 79.2 Å². The summed E-state index contributed by atoms with van der Waals surface area (Å²) in [6.45, 7) is 0. The number of carbonyl (C=O) groups is 1. The van der Waals surface area contributed by atoms with Crippen molar-refractivity contribution >= 4 is 39.5 Å². The number of hydrogen-bond acceptors (Lipinski definition) is 9. The van der Waals surface area contributed by atoms with Crippen molar-refractivity contribution in [1.82, 2.24) is 4.72 Å². The Morgan fingerprint density at radius 2 is 1.38 bits per heavy atom. The lowest BCUT2D eigenvalue weighted by Gasteiger charge is -2.03. The molecule has 2 aromatic carbocycles. The molecule has 1 amide bonds. The molecule has 0 aliphatic carbocycles. The summed E-state index contributed by atoms with van der Waals surface area (Å²) in [6.07, 6.45) is 3.14. The molecule has 0 bridgehead atoms. The van der Waals surface area contributed by atoms with Gasteiger partial charge in [-0.25, -0.2) is 13.1 Å². The molecule has 0 aromatic heterocycles. The fourth-order valence-corrected chi connectivity index (χ4v) is 3.21. The summed E-state index contributed by atoms with van der Waals surface area (Å²) in [6, 6.07) is 7.76. The van der Waals surface area contributed by atoms with E-state index in [2.05, 4.69) is 0 Å². The van der Waals surface area contributed by atoms with E-state index in [1.54, 1.807) is 4.72 Å². The fraction of sp³-hybridized carbons (Fsp3) is 0.105. The summed E-state index contributed by atoms with van der Waals surface area (Å²) in [5.41, 5.74) is -0.214. The van der Waals surface area contributed by atoms with Crippen molar-refractivity contribution in [2.24, 2.45) is 0 Å². The Balaban J connectivity index is 2.13. The SMILES string of the molecule is COc1ccc(/C=C/C(=O)NS(=O)(=O)/C=C/c2ccc(OC)c([N+](=O)[O-])c2)cc1[N+](=O)[O-]. The molecule has 12 nitrogen and oxygen atoms in total. The maximum atomic E-state index is 12.1. The highest BCUT2D eigenvalue weighted by atomic mass is 32.2. The van der Waals surface area contributed by atoms with Gasteiger partial charge in [-0.3, -0.25) is 25.0 Å². The van der Waals surface area contributed by atoms with Gasteiger partial charge in [0.25, 0.3) is 15.9 Å². The highest BCUT2D eigenvalue weighted by molar-refractivity contribution is 7.93. The van der Waals surface area contributed by atoms with Crippen LogP contribution in [-0.4, -0.2) is 38.4 Å². The van der Waals surface area contributed by atoms with Gasteiger partial charge in [-0.05, 0) is 35.4 Å². The smallest absolute Gasteiger partial charge is 0.311 e. The third kappa shape index (κ3) is 6.37. The first kappa shape index (κ1) is 24.0. The first-order valence-corrected chi connectivity index (χ1v) is 10.2. The number of ether oxygens (including phenoxy) is 2. The van der Waals surface area contributed by atoms with Gasteiger partial charge in [-0.15, -0.1) is 0 Å². The zero-order valence-corrected chi connectivity index (χ0v) is 17.6. The van der Waals surface area contributed by atoms with Gasteiger partial charge >= 0.3 is 11.4 Å². The molecule has 0 aliphatic rings. The summed E-state index contributed by atoms with van der Waals surface area (Å²) >= 11 is 0. The van der Waals surface area contributed by atoms with Crippen molar-refractivity contribution in [2.45, 2.75) is 0 Å². The third-order valence-corrected chi connectivity index (χ3v) is 4.89. The molecule has 2 rings (SSSR count). The number of nitro benzene ring substituents is 2.